The van der Waals surface area contributed by atoms with Crippen molar-refractivity contribution in [2.45, 2.75) is 19.4 Å². The second kappa shape index (κ2) is 9.76. The third-order valence-corrected chi connectivity index (χ3v) is 1.85. The van der Waals surface area contributed by atoms with Gasteiger partial charge in [0.15, 0.2) is 0 Å². The Bertz CT molecular complexity index is 286. The molecule has 0 aromatic carbocycles. The molecule has 0 aliphatic rings. The average Bonchev–Trinajstić information content (AvgIpc) is 2.79. The first kappa shape index (κ1) is 15.6. The molecule has 7 nitrogen and oxygen atoms in total. The zero-order valence-corrected chi connectivity index (χ0v) is 9.89. The molecule has 7 heteroatoms. The summed E-state index contributed by atoms with van der Waals surface area (Å²) in [6.07, 6.45) is 3.34. The number of aliphatic hydroxyl groups is 1. The predicted octanol–water partition coefficient (Wildman–Crippen LogP) is -1.05. The van der Waals surface area contributed by atoms with Crippen LogP contribution in [0.4, 0.5) is 0 Å². The van der Waals surface area contributed by atoms with E-state index in [9.17, 15) is 4.79 Å². The standard InChI is InChI=1S/C6H9N3O2.C4H11NO/c7-5(6(10)11)1-4-2-8-3-9-4;1-2-5-3-4-6/h2-3,5H,1,7H2,(H,8,9)(H,10,11);5-6H,2-4H2,1H3. The lowest BCUT2D eigenvalue weighted by Crippen LogP contribution is -2.32. The van der Waals surface area contributed by atoms with E-state index in [1.165, 1.54) is 6.33 Å². The highest BCUT2D eigenvalue weighted by atomic mass is 16.4. The summed E-state index contributed by atoms with van der Waals surface area (Å²) in [7, 11) is 0. The smallest absolute Gasteiger partial charge is 0.320 e. The Hall–Kier alpha value is -1.44. The summed E-state index contributed by atoms with van der Waals surface area (Å²) in [5.41, 5.74) is 6.00. The average molecular weight is 244 g/mol. The molecule has 17 heavy (non-hydrogen) atoms. The predicted molar refractivity (Wildman–Crippen MR) is 63.5 cm³/mol. The van der Waals surface area contributed by atoms with Crippen LogP contribution in [-0.2, 0) is 11.2 Å². The van der Waals surface area contributed by atoms with Crippen molar-refractivity contribution in [2.24, 2.45) is 5.73 Å². The lowest BCUT2D eigenvalue weighted by Gasteiger charge is -2.02. The van der Waals surface area contributed by atoms with Gasteiger partial charge in [0.25, 0.3) is 0 Å². The molecule has 1 unspecified atom stereocenters. The van der Waals surface area contributed by atoms with E-state index in [2.05, 4.69) is 15.3 Å². The molecule has 1 heterocycles. The molecule has 0 saturated heterocycles. The van der Waals surface area contributed by atoms with E-state index in [4.69, 9.17) is 15.9 Å². The summed E-state index contributed by atoms with van der Waals surface area (Å²) in [6.45, 7) is 3.92. The van der Waals surface area contributed by atoms with Crippen molar-refractivity contribution < 1.29 is 15.0 Å². The third-order valence-electron chi connectivity index (χ3n) is 1.85. The Labute approximate surface area is 100 Å². The Morgan fingerprint density at radius 3 is 2.76 bits per heavy atom. The van der Waals surface area contributed by atoms with Gasteiger partial charge >= 0.3 is 5.97 Å². The van der Waals surface area contributed by atoms with E-state index in [-0.39, 0.29) is 13.0 Å². The van der Waals surface area contributed by atoms with Gasteiger partial charge in [-0.25, -0.2) is 4.98 Å². The van der Waals surface area contributed by atoms with Gasteiger partial charge in [-0.2, -0.15) is 0 Å². The van der Waals surface area contributed by atoms with Gasteiger partial charge in [0, 0.05) is 24.9 Å². The van der Waals surface area contributed by atoms with Crippen LogP contribution in [0.1, 0.15) is 12.6 Å². The van der Waals surface area contributed by atoms with E-state index in [0.717, 1.165) is 18.8 Å². The van der Waals surface area contributed by atoms with E-state index >= 15 is 0 Å². The second-order valence-electron chi connectivity index (χ2n) is 3.30. The molecule has 98 valence electrons. The fourth-order valence-corrected chi connectivity index (χ4v) is 0.976. The van der Waals surface area contributed by atoms with Gasteiger partial charge in [0.1, 0.15) is 6.04 Å². The Morgan fingerprint density at radius 2 is 2.41 bits per heavy atom. The van der Waals surface area contributed by atoms with Crippen LogP contribution in [0.2, 0.25) is 0 Å². The molecular weight excluding hydrogens is 224 g/mol. The Balaban J connectivity index is 0.000000366. The highest BCUT2D eigenvalue weighted by molar-refractivity contribution is 5.73. The normalized spacial score (nSPS) is 11.5. The number of hydrogen-bond donors (Lipinski definition) is 5. The van der Waals surface area contributed by atoms with Crippen molar-refractivity contribution in [3.63, 3.8) is 0 Å². The second-order valence-corrected chi connectivity index (χ2v) is 3.30. The number of aliphatic carboxylic acids is 1. The molecule has 1 aromatic heterocycles. The van der Waals surface area contributed by atoms with Crippen molar-refractivity contribution in [1.82, 2.24) is 15.3 Å². The minimum atomic E-state index is -1.00. The summed E-state index contributed by atoms with van der Waals surface area (Å²) in [6, 6.07) is -0.851. The van der Waals surface area contributed by atoms with Gasteiger partial charge in [-0.1, -0.05) is 6.92 Å². The van der Waals surface area contributed by atoms with Crippen LogP contribution in [0.5, 0.6) is 0 Å². The van der Waals surface area contributed by atoms with E-state index in [1.54, 1.807) is 6.20 Å². The van der Waals surface area contributed by atoms with Crippen molar-refractivity contribution in [3.8, 4) is 0 Å². The van der Waals surface area contributed by atoms with Gasteiger partial charge in [0.2, 0.25) is 0 Å². The summed E-state index contributed by atoms with van der Waals surface area (Å²) in [4.78, 5) is 16.8. The van der Waals surface area contributed by atoms with Crippen molar-refractivity contribution in [3.05, 3.63) is 18.2 Å². The number of nitrogens with two attached hydrogens (primary N) is 1. The molecule has 1 atom stereocenters. The first-order valence-electron chi connectivity index (χ1n) is 5.39. The van der Waals surface area contributed by atoms with Gasteiger partial charge < -0.3 is 26.2 Å². The van der Waals surface area contributed by atoms with Crippen LogP contribution < -0.4 is 11.1 Å². The molecule has 6 N–H and O–H groups in total. The van der Waals surface area contributed by atoms with Crippen LogP contribution in [0.3, 0.4) is 0 Å². The number of aromatic nitrogens is 2. The first-order chi connectivity index (χ1) is 8.11. The summed E-state index contributed by atoms with van der Waals surface area (Å²) in [5.74, 6) is -1.00. The molecule has 0 aliphatic heterocycles. The lowest BCUT2D eigenvalue weighted by molar-refractivity contribution is -0.138. The number of nitrogens with one attached hydrogen (secondary N) is 2. The number of H-pyrrole nitrogens is 1. The quantitative estimate of drug-likeness (QED) is 0.407. The van der Waals surface area contributed by atoms with Crippen molar-refractivity contribution >= 4 is 5.97 Å². The Kier molecular flexibility index (Phi) is 8.94. The molecule has 0 saturated carbocycles. The number of carbonyl (C=O) groups is 1. The Morgan fingerprint density at radius 1 is 1.71 bits per heavy atom. The fourth-order valence-electron chi connectivity index (χ4n) is 0.976. The highest BCUT2D eigenvalue weighted by Gasteiger charge is 2.11. The lowest BCUT2D eigenvalue weighted by atomic mass is 10.2. The number of rotatable bonds is 6. The van der Waals surface area contributed by atoms with Gasteiger partial charge in [-0.3, -0.25) is 4.79 Å². The maximum absolute atomic E-state index is 10.3. The van der Waals surface area contributed by atoms with Crippen molar-refractivity contribution in [1.29, 1.82) is 0 Å². The number of likely N-dealkylation sites (N-methyl/N-ethyl adjacent to an activating group) is 1. The number of hydrogen-bond acceptors (Lipinski definition) is 5. The van der Waals surface area contributed by atoms with Crippen LogP contribution in [0, 0.1) is 0 Å². The third kappa shape index (κ3) is 8.38. The van der Waals surface area contributed by atoms with Gasteiger partial charge in [-0.05, 0) is 6.54 Å². The molecule has 0 aliphatic carbocycles. The number of imidazole rings is 1. The largest absolute Gasteiger partial charge is 0.480 e. The number of aromatic amines is 1. The van der Waals surface area contributed by atoms with Crippen molar-refractivity contribution in [2.75, 3.05) is 19.7 Å². The van der Waals surface area contributed by atoms with Crippen LogP contribution in [-0.4, -0.2) is 51.9 Å². The molecule has 0 fully saturated rings. The maximum Gasteiger partial charge on any atom is 0.320 e. The zero-order chi connectivity index (χ0) is 13.1. The number of carboxylic acids is 1. The monoisotopic (exact) mass is 244 g/mol. The molecular formula is C10H20N4O3. The van der Waals surface area contributed by atoms with E-state index < -0.39 is 12.0 Å². The molecule has 0 spiro atoms. The zero-order valence-electron chi connectivity index (χ0n) is 9.89. The summed E-state index contributed by atoms with van der Waals surface area (Å²) < 4.78 is 0. The fraction of sp³-hybridized carbons (Fsp3) is 0.600. The number of carboxylic acid groups (broad SMARTS) is 1. The first-order valence-corrected chi connectivity index (χ1v) is 5.39. The molecule has 0 radical (unpaired) electrons. The van der Waals surface area contributed by atoms with Crippen LogP contribution in [0.15, 0.2) is 12.5 Å². The summed E-state index contributed by atoms with van der Waals surface area (Å²) in [5, 5.41) is 19.5. The molecule has 1 rings (SSSR count). The number of aliphatic hydroxyl groups excluding tert-OH is 1. The highest BCUT2D eigenvalue weighted by Crippen LogP contribution is 1.95. The molecule has 1 aromatic rings. The topological polar surface area (TPSA) is 124 Å². The molecule has 0 amide bonds. The number of nitrogens with zero attached hydrogens (tertiary/aromatic N) is 1. The van der Waals surface area contributed by atoms with Gasteiger partial charge in [-0.15, -0.1) is 0 Å². The van der Waals surface area contributed by atoms with Crippen LogP contribution in [0.25, 0.3) is 0 Å². The minimum Gasteiger partial charge on any atom is -0.480 e. The summed E-state index contributed by atoms with van der Waals surface area (Å²) >= 11 is 0. The maximum atomic E-state index is 10.3. The molecule has 0 bridgehead atoms. The van der Waals surface area contributed by atoms with Gasteiger partial charge in [0.05, 0.1) is 12.9 Å². The van der Waals surface area contributed by atoms with E-state index in [1.807, 2.05) is 6.92 Å². The van der Waals surface area contributed by atoms with Crippen LogP contribution >= 0.6 is 0 Å². The SMILES string of the molecule is CCNCCO.NC(Cc1cnc[nH]1)C(=O)O. The minimum absolute atomic E-state index is 0.244. The van der Waals surface area contributed by atoms with E-state index in [0.29, 0.717) is 0 Å².